The number of benzene rings is 9. The first-order chi connectivity index (χ1) is 28.2. The Morgan fingerprint density at radius 2 is 0.912 bits per heavy atom. The second-order valence-electron chi connectivity index (χ2n) is 14.7. The van der Waals surface area contributed by atoms with Crippen molar-refractivity contribution in [3.05, 3.63) is 188 Å². The minimum absolute atomic E-state index is 0.597. The number of aromatic nitrogens is 3. The summed E-state index contributed by atoms with van der Waals surface area (Å²) in [5.74, 6) is 1.82. The van der Waals surface area contributed by atoms with Crippen LogP contribution in [0.5, 0.6) is 0 Å². The molecule has 0 fully saturated rings. The third-order valence-corrected chi connectivity index (χ3v) is 11.4. The van der Waals surface area contributed by atoms with Crippen molar-refractivity contribution in [1.82, 2.24) is 15.0 Å². The molecule has 264 valence electrons. The van der Waals surface area contributed by atoms with Crippen LogP contribution in [0.15, 0.2) is 192 Å². The molecule has 2 heterocycles. The molecule has 57 heavy (non-hydrogen) atoms. The minimum Gasteiger partial charge on any atom is -0.455 e. The van der Waals surface area contributed by atoms with Gasteiger partial charge in [-0.15, -0.1) is 0 Å². The van der Waals surface area contributed by atoms with Crippen LogP contribution in [-0.2, 0) is 0 Å². The summed E-state index contributed by atoms with van der Waals surface area (Å²) < 4.78 is 6.85. The Kier molecular flexibility index (Phi) is 6.89. The third kappa shape index (κ3) is 4.98. The maximum Gasteiger partial charge on any atom is 0.164 e. The summed E-state index contributed by atoms with van der Waals surface area (Å²) in [6.07, 6.45) is 0. The molecule has 0 N–H and O–H groups in total. The van der Waals surface area contributed by atoms with Crippen molar-refractivity contribution < 1.29 is 4.42 Å². The molecule has 0 amide bonds. The molecule has 0 spiro atoms. The monoisotopic (exact) mass is 725 g/mol. The Morgan fingerprint density at radius 3 is 1.70 bits per heavy atom. The first-order valence-corrected chi connectivity index (χ1v) is 19.3. The van der Waals surface area contributed by atoms with Crippen molar-refractivity contribution in [2.45, 2.75) is 0 Å². The molecule has 9 aromatic carbocycles. The third-order valence-electron chi connectivity index (χ3n) is 11.4. The van der Waals surface area contributed by atoms with E-state index in [0.29, 0.717) is 17.5 Å². The molecule has 11 aromatic rings. The zero-order valence-corrected chi connectivity index (χ0v) is 30.6. The lowest BCUT2D eigenvalue weighted by atomic mass is 9.95. The fourth-order valence-corrected chi connectivity index (χ4v) is 8.82. The van der Waals surface area contributed by atoms with E-state index in [0.717, 1.165) is 71.7 Å². The van der Waals surface area contributed by atoms with Crippen LogP contribution in [0.25, 0.3) is 122 Å². The molecular formula is C53H31N3O. The molecule has 1 aliphatic carbocycles. The number of hydrogen-bond acceptors (Lipinski definition) is 4. The molecule has 0 radical (unpaired) electrons. The topological polar surface area (TPSA) is 51.8 Å². The molecule has 0 bridgehead atoms. The van der Waals surface area contributed by atoms with Crippen molar-refractivity contribution >= 4 is 43.5 Å². The van der Waals surface area contributed by atoms with Gasteiger partial charge in [0, 0.05) is 33.0 Å². The summed E-state index contributed by atoms with van der Waals surface area (Å²) in [7, 11) is 0. The number of rotatable bonds is 5. The molecule has 0 saturated carbocycles. The molecule has 0 saturated heterocycles. The molecule has 4 heteroatoms. The van der Waals surface area contributed by atoms with Crippen LogP contribution in [-0.4, -0.2) is 15.0 Å². The van der Waals surface area contributed by atoms with Crippen molar-refractivity contribution in [3.63, 3.8) is 0 Å². The Bertz CT molecular complexity index is 3400. The van der Waals surface area contributed by atoms with E-state index in [4.69, 9.17) is 19.4 Å². The van der Waals surface area contributed by atoms with E-state index in [9.17, 15) is 0 Å². The normalized spacial score (nSPS) is 11.9. The highest BCUT2D eigenvalue weighted by atomic mass is 16.3. The van der Waals surface area contributed by atoms with E-state index in [2.05, 4.69) is 170 Å². The smallest absolute Gasteiger partial charge is 0.164 e. The lowest BCUT2D eigenvalue weighted by molar-refractivity contribution is 0.670. The zero-order chi connectivity index (χ0) is 37.5. The number of hydrogen-bond donors (Lipinski definition) is 0. The Hall–Kier alpha value is -7.69. The molecule has 0 unspecified atom stereocenters. The van der Waals surface area contributed by atoms with Crippen LogP contribution in [0, 0.1) is 0 Å². The van der Waals surface area contributed by atoms with E-state index in [1.54, 1.807) is 0 Å². The number of para-hydroxylation sites is 1. The molecule has 1 aliphatic rings. The summed E-state index contributed by atoms with van der Waals surface area (Å²) in [5.41, 5.74) is 13.6. The molecule has 2 aromatic heterocycles. The van der Waals surface area contributed by atoms with Gasteiger partial charge in [-0.1, -0.05) is 164 Å². The summed E-state index contributed by atoms with van der Waals surface area (Å²) >= 11 is 0. The van der Waals surface area contributed by atoms with Gasteiger partial charge in [-0.25, -0.2) is 15.0 Å². The lowest BCUT2D eigenvalue weighted by Crippen LogP contribution is -2.02. The minimum atomic E-state index is 0.597. The van der Waals surface area contributed by atoms with Crippen molar-refractivity contribution in [1.29, 1.82) is 0 Å². The number of furan rings is 1. The standard InChI is InChI=1S/C53H31N3O/c1-3-13-32(14-4-1)35-25-26-37-30-38(28-27-36(37)29-35)51-54-52(41-20-8-7-19-39(41)33-15-5-2-6-16-33)56-53(55-51)45-31-44-40-22-11-17-34-18-12-23-43(47(34)40)49(44)50-48(45)42-21-9-10-24-46(42)57-50/h1-31H. The average molecular weight is 726 g/mol. The predicted octanol–water partition coefficient (Wildman–Crippen LogP) is 14.1. The average Bonchev–Trinajstić information content (AvgIpc) is 3.83. The largest absolute Gasteiger partial charge is 0.455 e. The van der Waals surface area contributed by atoms with Crippen LogP contribution in [0.2, 0.25) is 0 Å². The maximum atomic E-state index is 6.85. The van der Waals surface area contributed by atoms with Crippen molar-refractivity contribution in [3.8, 4) is 78.7 Å². The highest BCUT2D eigenvalue weighted by Gasteiger charge is 2.29. The zero-order valence-electron chi connectivity index (χ0n) is 30.6. The van der Waals surface area contributed by atoms with Crippen LogP contribution in [0.1, 0.15) is 0 Å². The van der Waals surface area contributed by atoms with Crippen molar-refractivity contribution in [2.24, 2.45) is 0 Å². The highest BCUT2D eigenvalue weighted by molar-refractivity contribution is 6.26. The van der Waals surface area contributed by atoms with Crippen LogP contribution >= 0.6 is 0 Å². The molecule has 4 nitrogen and oxygen atoms in total. The van der Waals surface area contributed by atoms with Crippen molar-refractivity contribution in [2.75, 3.05) is 0 Å². The quantitative estimate of drug-likeness (QED) is 0.177. The first-order valence-electron chi connectivity index (χ1n) is 19.3. The molecule has 12 rings (SSSR count). The Morgan fingerprint density at radius 1 is 0.316 bits per heavy atom. The second kappa shape index (κ2) is 12.4. The Labute approximate surface area is 328 Å². The Balaban J connectivity index is 1.13. The number of fused-ring (bicyclic) bond motifs is 8. The SMILES string of the molecule is c1ccc(-c2ccc3cc(-c4nc(-c5ccccc5-c5ccccc5)nc(-c5cc6c(c7oc8ccccc8c57)-c5cccc7cccc-6c57)n4)ccc3c2)cc1. The van der Waals surface area contributed by atoms with Gasteiger partial charge in [0.15, 0.2) is 17.5 Å². The summed E-state index contributed by atoms with van der Waals surface area (Å²) in [6.45, 7) is 0. The molecular weight excluding hydrogens is 695 g/mol. The first kappa shape index (κ1) is 31.6. The van der Waals surface area contributed by atoms with Gasteiger partial charge in [-0.05, 0) is 84.8 Å². The summed E-state index contributed by atoms with van der Waals surface area (Å²) in [5, 5.41) is 6.76. The van der Waals surface area contributed by atoms with E-state index >= 15 is 0 Å². The van der Waals surface area contributed by atoms with Gasteiger partial charge in [0.1, 0.15) is 11.2 Å². The van der Waals surface area contributed by atoms with Gasteiger partial charge in [0.25, 0.3) is 0 Å². The van der Waals surface area contributed by atoms with Gasteiger partial charge >= 0.3 is 0 Å². The predicted molar refractivity (Wildman–Crippen MR) is 234 cm³/mol. The van der Waals surface area contributed by atoms with Gasteiger partial charge < -0.3 is 4.42 Å². The van der Waals surface area contributed by atoms with Gasteiger partial charge in [0.05, 0.1) is 0 Å². The van der Waals surface area contributed by atoms with E-state index in [1.165, 1.54) is 33.0 Å². The van der Waals surface area contributed by atoms with Gasteiger partial charge in [-0.2, -0.15) is 0 Å². The maximum absolute atomic E-state index is 6.85. The van der Waals surface area contributed by atoms with Crippen LogP contribution in [0.3, 0.4) is 0 Å². The van der Waals surface area contributed by atoms with Crippen LogP contribution < -0.4 is 0 Å². The van der Waals surface area contributed by atoms with E-state index in [1.807, 2.05) is 18.2 Å². The highest BCUT2D eigenvalue weighted by Crippen LogP contribution is 2.54. The van der Waals surface area contributed by atoms with Crippen LogP contribution in [0.4, 0.5) is 0 Å². The van der Waals surface area contributed by atoms with Gasteiger partial charge in [0.2, 0.25) is 0 Å². The fraction of sp³-hybridized carbons (Fsp3) is 0. The van der Waals surface area contributed by atoms with E-state index < -0.39 is 0 Å². The second-order valence-corrected chi connectivity index (χ2v) is 14.7. The molecule has 0 atom stereocenters. The van der Waals surface area contributed by atoms with E-state index in [-0.39, 0.29) is 0 Å². The van der Waals surface area contributed by atoms with Gasteiger partial charge in [-0.3, -0.25) is 0 Å². The fourth-order valence-electron chi connectivity index (χ4n) is 8.82. The lowest BCUT2D eigenvalue weighted by Gasteiger charge is -2.14. The summed E-state index contributed by atoms with van der Waals surface area (Å²) in [4.78, 5) is 16.0. The number of nitrogens with zero attached hydrogens (tertiary/aromatic N) is 3. The summed E-state index contributed by atoms with van der Waals surface area (Å²) in [6, 6.07) is 66.1. The molecule has 0 aliphatic heterocycles.